The molecule has 0 spiro atoms. The fourth-order valence-electron chi connectivity index (χ4n) is 1.20. The number of nitrogens with zero attached hydrogens (tertiary/aromatic N) is 3. The van der Waals surface area contributed by atoms with E-state index in [0.717, 1.165) is 6.26 Å². The highest BCUT2D eigenvalue weighted by Gasteiger charge is 2.20. The van der Waals surface area contributed by atoms with Crippen molar-refractivity contribution >= 4 is 15.9 Å². The summed E-state index contributed by atoms with van der Waals surface area (Å²) in [7, 11) is -3.49. The van der Waals surface area contributed by atoms with E-state index < -0.39 is 27.6 Å². The largest absolute Gasteiger partial charge is 0.444 e. The molecule has 20 heavy (non-hydrogen) atoms. The first kappa shape index (κ1) is 16.3. The summed E-state index contributed by atoms with van der Waals surface area (Å²) in [6.45, 7) is 6.91. The number of alkyl carbamates (subject to hydrolysis) is 1. The molecule has 1 N–H and O–H groups in total. The Bertz CT molecular complexity index is 577. The Morgan fingerprint density at radius 1 is 1.35 bits per heavy atom. The number of hydrogen-bond donors (Lipinski definition) is 1. The number of carbonyl (C=O) groups is 1. The van der Waals surface area contributed by atoms with Crippen LogP contribution in [0.2, 0.25) is 0 Å². The Balaban J connectivity index is 2.74. The van der Waals surface area contributed by atoms with Crippen molar-refractivity contribution < 1.29 is 17.9 Å². The summed E-state index contributed by atoms with van der Waals surface area (Å²) in [6.07, 6.45) is 1.65. The van der Waals surface area contributed by atoms with Gasteiger partial charge in [-0.25, -0.2) is 18.2 Å². The van der Waals surface area contributed by atoms with Crippen LogP contribution in [0.3, 0.4) is 0 Å². The van der Waals surface area contributed by atoms with Gasteiger partial charge in [-0.15, -0.1) is 10.2 Å². The topological polar surface area (TPSA) is 111 Å². The standard InChI is InChI=1S/C11H18N4O4S/c1-7(13-10(16)19-11(2,3)4)8-6-12-9(15-14-8)20(5,17)18/h6-7H,1-5H3,(H,13,16)/t7-/m0/s1. The summed E-state index contributed by atoms with van der Waals surface area (Å²) in [5.74, 6) is 0. The second-order valence-corrected chi connectivity index (χ2v) is 7.22. The Labute approximate surface area is 117 Å². The van der Waals surface area contributed by atoms with Gasteiger partial charge in [-0.05, 0) is 27.7 Å². The molecular formula is C11H18N4O4S. The van der Waals surface area contributed by atoms with Crippen LogP contribution in [0.1, 0.15) is 39.4 Å². The van der Waals surface area contributed by atoms with E-state index >= 15 is 0 Å². The molecular weight excluding hydrogens is 284 g/mol. The molecule has 0 radical (unpaired) electrons. The van der Waals surface area contributed by atoms with Gasteiger partial charge >= 0.3 is 6.09 Å². The monoisotopic (exact) mass is 302 g/mol. The summed E-state index contributed by atoms with van der Waals surface area (Å²) in [4.78, 5) is 15.3. The molecule has 8 nitrogen and oxygen atoms in total. The lowest BCUT2D eigenvalue weighted by Crippen LogP contribution is -2.34. The third-order valence-corrected chi connectivity index (χ3v) is 2.92. The van der Waals surface area contributed by atoms with E-state index in [2.05, 4.69) is 20.5 Å². The molecule has 1 atom stereocenters. The SMILES string of the molecule is C[C@H](NC(=O)OC(C)(C)C)c1cnc(S(C)(=O)=O)nn1. The molecule has 1 aromatic rings. The average Bonchev–Trinajstić information content (AvgIpc) is 2.25. The van der Waals surface area contributed by atoms with Crippen molar-refractivity contribution in [1.29, 1.82) is 0 Å². The molecule has 1 aromatic heterocycles. The number of ether oxygens (including phenoxy) is 1. The lowest BCUT2D eigenvalue weighted by atomic mass is 10.2. The molecule has 1 rings (SSSR count). The first-order chi connectivity index (χ1) is 8.99. The maximum Gasteiger partial charge on any atom is 0.408 e. The minimum absolute atomic E-state index is 0.336. The zero-order valence-corrected chi connectivity index (χ0v) is 12.9. The predicted molar refractivity (Wildman–Crippen MR) is 70.7 cm³/mol. The number of hydrogen-bond acceptors (Lipinski definition) is 7. The molecule has 0 aromatic carbocycles. The molecule has 0 aliphatic heterocycles. The fourth-order valence-corrected chi connectivity index (χ4v) is 1.63. The molecule has 0 aliphatic rings. The minimum Gasteiger partial charge on any atom is -0.444 e. The molecule has 112 valence electrons. The van der Waals surface area contributed by atoms with Crippen LogP contribution in [-0.2, 0) is 14.6 Å². The van der Waals surface area contributed by atoms with Crippen LogP contribution >= 0.6 is 0 Å². The molecule has 0 saturated heterocycles. The Morgan fingerprint density at radius 2 is 1.95 bits per heavy atom. The van der Waals surface area contributed by atoms with Crippen molar-refractivity contribution in [2.45, 2.75) is 44.5 Å². The first-order valence-corrected chi connectivity index (χ1v) is 7.77. The maximum atomic E-state index is 11.6. The highest BCUT2D eigenvalue weighted by atomic mass is 32.2. The van der Waals surface area contributed by atoms with Gasteiger partial charge in [0.25, 0.3) is 5.16 Å². The number of rotatable bonds is 3. The lowest BCUT2D eigenvalue weighted by molar-refractivity contribution is 0.0506. The van der Waals surface area contributed by atoms with E-state index in [1.807, 2.05) is 0 Å². The molecule has 1 amide bonds. The fraction of sp³-hybridized carbons (Fsp3) is 0.636. The van der Waals surface area contributed by atoms with Crippen molar-refractivity contribution in [1.82, 2.24) is 20.5 Å². The van der Waals surface area contributed by atoms with Gasteiger partial charge < -0.3 is 10.1 Å². The lowest BCUT2D eigenvalue weighted by Gasteiger charge is -2.21. The smallest absolute Gasteiger partial charge is 0.408 e. The van der Waals surface area contributed by atoms with Crippen molar-refractivity contribution in [3.63, 3.8) is 0 Å². The number of nitrogens with one attached hydrogen (secondary N) is 1. The number of carbonyl (C=O) groups excluding carboxylic acids is 1. The van der Waals surface area contributed by atoms with Crippen LogP contribution in [0.15, 0.2) is 11.4 Å². The predicted octanol–water partition coefficient (Wildman–Crippen LogP) is 0.861. The zero-order chi connectivity index (χ0) is 15.6. The third kappa shape index (κ3) is 5.08. The van der Waals surface area contributed by atoms with Gasteiger partial charge in [-0.1, -0.05) is 0 Å². The zero-order valence-electron chi connectivity index (χ0n) is 12.0. The maximum absolute atomic E-state index is 11.6. The minimum atomic E-state index is -3.49. The summed E-state index contributed by atoms with van der Waals surface area (Å²) in [5.41, 5.74) is -0.267. The average molecular weight is 302 g/mol. The van der Waals surface area contributed by atoms with Crippen molar-refractivity contribution in [3.8, 4) is 0 Å². The molecule has 0 saturated carbocycles. The van der Waals surface area contributed by atoms with Crippen molar-refractivity contribution in [2.24, 2.45) is 0 Å². The van der Waals surface area contributed by atoms with Crippen LogP contribution in [0.4, 0.5) is 4.79 Å². The molecule has 0 fully saturated rings. The van der Waals surface area contributed by atoms with Gasteiger partial charge in [-0.2, -0.15) is 0 Å². The highest BCUT2D eigenvalue weighted by Crippen LogP contribution is 2.11. The number of amides is 1. The van der Waals surface area contributed by atoms with Gasteiger partial charge in [0.05, 0.1) is 12.2 Å². The summed E-state index contributed by atoms with van der Waals surface area (Å²) >= 11 is 0. The van der Waals surface area contributed by atoms with E-state index in [0.29, 0.717) is 5.69 Å². The van der Waals surface area contributed by atoms with Crippen LogP contribution in [-0.4, -0.2) is 41.5 Å². The van der Waals surface area contributed by atoms with E-state index in [4.69, 9.17) is 4.74 Å². The molecule has 9 heteroatoms. The van der Waals surface area contributed by atoms with Crippen LogP contribution in [0, 0.1) is 0 Å². The molecule has 0 aliphatic carbocycles. The Hall–Kier alpha value is -1.77. The van der Waals surface area contributed by atoms with Crippen molar-refractivity contribution in [2.75, 3.05) is 6.26 Å². The quantitative estimate of drug-likeness (QED) is 0.881. The van der Waals surface area contributed by atoms with Gasteiger partial charge in [0.1, 0.15) is 11.3 Å². The molecule has 0 bridgehead atoms. The molecule has 0 unspecified atom stereocenters. The first-order valence-electron chi connectivity index (χ1n) is 5.88. The van der Waals surface area contributed by atoms with Crippen LogP contribution in [0.25, 0.3) is 0 Å². The molecule has 1 heterocycles. The summed E-state index contributed by atoms with van der Waals surface area (Å²) in [5, 5.41) is 9.45. The number of aromatic nitrogens is 3. The van der Waals surface area contributed by atoms with E-state index in [1.54, 1.807) is 27.7 Å². The van der Waals surface area contributed by atoms with E-state index in [1.165, 1.54) is 6.20 Å². The van der Waals surface area contributed by atoms with Crippen molar-refractivity contribution in [3.05, 3.63) is 11.9 Å². The third-order valence-electron chi connectivity index (χ3n) is 2.07. The van der Waals surface area contributed by atoms with Crippen LogP contribution in [0.5, 0.6) is 0 Å². The van der Waals surface area contributed by atoms with Gasteiger partial charge in [0, 0.05) is 6.26 Å². The highest BCUT2D eigenvalue weighted by molar-refractivity contribution is 7.90. The Morgan fingerprint density at radius 3 is 2.35 bits per heavy atom. The van der Waals surface area contributed by atoms with Gasteiger partial charge in [-0.3, -0.25) is 0 Å². The summed E-state index contributed by atoms with van der Waals surface area (Å²) < 4.78 is 27.5. The van der Waals surface area contributed by atoms with Gasteiger partial charge in [0.15, 0.2) is 0 Å². The van der Waals surface area contributed by atoms with E-state index in [-0.39, 0.29) is 5.16 Å². The second kappa shape index (κ2) is 5.70. The van der Waals surface area contributed by atoms with E-state index in [9.17, 15) is 13.2 Å². The normalized spacial score (nSPS) is 13.7. The second-order valence-electron chi connectivity index (χ2n) is 5.31. The van der Waals surface area contributed by atoms with Crippen LogP contribution < -0.4 is 5.32 Å². The Kier molecular flexibility index (Phi) is 4.64. The summed E-state index contributed by atoms with van der Waals surface area (Å²) in [6, 6.07) is -0.501. The number of sulfone groups is 1. The van der Waals surface area contributed by atoms with Gasteiger partial charge in [0.2, 0.25) is 9.84 Å².